The van der Waals surface area contributed by atoms with Crippen molar-refractivity contribution in [1.82, 2.24) is 14.9 Å². The van der Waals surface area contributed by atoms with E-state index in [2.05, 4.69) is 9.97 Å². The number of likely N-dealkylation sites (tertiary alicyclic amines) is 1. The van der Waals surface area contributed by atoms with Gasteiger partial charge in [0.15, 0.2) is 0 Å². The lowest BCUT2D eigenvalue weighted by atomic mass is 9.81. The maximum absolute atomic E-state index is 12.7. The molecule has 0 unspecified atom stereocenters. The number of aromatic nitrogens is 2. The Kier molecular flexibility index (Phi) is 7.44. The smallest absolute Gasteiger partial charge is 0.416 e. The van der Waals surface area contributed by atoms with E-state index in [4.69, 9.17) is 14.2 Å². The fourth-order valence-corrected chi connectivity index (χ4v) is 4.65. The van der Waals surface area contributed by atoms with Gasteiger partial charge in [-0.25, -0.2) is 19.7 Å². The maximum atomic E-state index is 12.7. The standard InChI is InChI=1S/C29H30N4O6/c1-29(2)17-26(34)33(27(35)18-29)20-6-11-25(31-19-20)39-28(36)32-15-12-23(13-16-32)37-21-7-9-22(10-8-21)38-24-5-3-4-14-30-24/h3-11,14,19,23H,12-13,15-18H2,1-2H3. The Morgan fingerprint density at radius 3 is 2.18 bits per heavy atom. The predicted molar refractivity (Wildman–Crippen MR) is 142 cm³/mol. The van der Waals surface area contributed by atoms with Gasteiger partial charge < -0.3 is 19.1 Å². The number of ether oxygens (including phenoxy) is 3. The second kappa shape index (κ2) is 11.1. The number of carbonyl (C=O) groups excluding carboxylic acids is 3. The minimum atomic E-state index is -0.503. The third-order valence-electron chi connectivity index (χ3n) is 6.62. The van der Waals surface area contributed by atoms with Gasteiger partial charge in [-0.1, -0.05) is 19.9 Å². The van der Waals surface area contributed by atoms with Crippen LogP contribution in [0, 0.1) is 5.41 Å². The molecule has 0 spiro atoms. The van der Waals surface area contributed by atoms with Gasteiger partial charge in [-0.15, -0.1) is 0 Å². The molecule has 2 aliphatic heterocycles. The summed E-state index contributed by atoms with van der Waals surface area (Å²) in [6.07, 6.45) is 4.39. The lowest BCUT2D eigenvalue weighted by Crippen LogP contribution is -2.46. The van der Waals surface area contributed by atoms with Gasteiger partial charge in [-0.2, -0.15) is 0 Å². The van der Waals surface area contributed by atoms with E-state index in [-0.39, 0.29) is 42.1 Å². The van der Waals surface area contributed by atoms with Crippen LogP contribution in [0.2, 0.25) is 0 Å². The van der Waals surface area contributed by atoms with Gasteiger partial charge in [0.2, 0.25) is 23.6 Å². The van der Waals surface area contributed by atoms with Crippen LogP contribution in [0.3, 0.4) is 0 Å². The molecule has 4 heterocycles. The van der Waals surface area contributed by atoms with E-state index in [1.54, 1.807) is 23.2 Å². The molecule has 0 atom stereocenters. The fourth-order valence-electron chi connectivity index (χ4n) is 4.65. The molecule has 3 aromatic rings. The van der Waals surface area contributed by atoms with Crippen molar-refractivity contribution in [3.05, 3.63) is 67.0 Å². The van der Waals surface area contributed by atoms with Gasteiger partial charge in [0, 0.05) is 57.1 Å². The van der Waals surface area contributed by atoms with Crippen LogP contribution < -0.4 is 19.1 Å². The highest BCUT2D eigenvalue weighted by molar-refractivity contribution is 6.16. The first-order valence-corrected chi connectivity index (χ1v) is 12.9. The number of rotatable bonds is 6. The predicted octanol–water partition coefficient (Wildman–Crippen LogP) is 4.99. The molecular formula is C29H30N4O6. The SMILES string of the molecule is CC1(C)CC(=O)N(c2ccc(OC(=O)N3CCC(Oc4ccc(Oc5ccccn5)cc4)CC3)nc2)C(=O)C1. The van der Waals surface area contributed by atoms with Crippen molar-refractivity contribution in [3.63, 3.8) is 0 Å². The van der Waals surface area contributed by atoms with Crippen LogP contribution in [0.1, 0.15) is 39.5 Å². The number of pyridine rings is 2. The van der Waals surface area contributed by atoms with Crippen molar-refractivity contribution in [3.8, 4) is 23.3 Å². The number of piperidine rings is 2. The van der Waals surface area contributed by atoms with Crippen molar-refractivity contribution in [2.24, 2.45) is 5.41 Å². The molecular weight excluding hydrogens is 500 g/mol. The highest BCUT2D eigenvalue weighted by atomic mass is 16.6. The molecule has 2 saturated heterocycles. The van der Waals surface area contributed by atoms with E-state index in [0.29, 0.717) is 43.2 Å². The van der Waals surface area contributed by atoms with Crippen molar-refractivity contribution in [2.45, 2.75) is 45.6 Å². The molecule has 10 heteroatoms. The molecule has 3 amide bonds. The summed E-state index contributed by atoms with van der Waals surface area (Å²) < 4.78 is 17.2. The van der Waals surface area contributed by atoms with Crippen LogP contribution in [0.5, 0.6) is 23.3 Å². The van der Waals surface area contributed by atoms with Crippen LogP contribution in [-0.2, 0) is 9.59 Å². The molecule has 0 saturated carbocycles. The molecule has 5 rings (SSSR count). The molecule has 202 valence electrons. The average Bonchev–Trinajstić information content (AvgIpc) is 2.91. The van der Waals surface area contributed by atoms with Gasteiger partial charge in [0.1, 0.15) is 17.6 Å². The second-order valence-corrected chi connectivity index (χ2v) is 10.4. The first-order valence-electron chi connectivity index (χ1n) is 12.9. The Morgan fingerprint density at radius 2 is 1.56 bits per heavy atom. The summed E-state index contributed by atoms with van der Waals surface area (Å²) >= 11 is 0. The van der Waals surface area contributed by atoms with Crippen LogP contribution in [0.15, 0.2) is 67.0 Å². The average molecular weight is 531 g/mol. The minimum Gasteiger partial charge on any atom is -0.490 e. The highest BCUT2D eigenvalue weighted by Gasteiger charge is 2.38. The minimum absolute atomic E-state index is 0.0291. The quantitative estimate of drug-likeness (QED) is 0.410. The van der Waals surface area contributed by atoms with Crippen LogP contribution in [-0.4, -0.2) is 52.0 Å². The van der Waals surface area contributed by atoms with Gasteiger partial charge >= 0.3 is 6.09 Å². The Labute approximate surface area is 226 Å². The van der Waals surface area contributed by atoms with E-state index in [9.17, 15) is 14.4 Å². The summed E-state index contributed by atoms with van der Waals surface area (Å²) in [5, 5.41) is 0. The maximum Gasteiger partial charge on any atom is 0.416 e. The monoisotopic (exact) mass is 530 g/mol. The Balaban J connectivity index is 1.08. The van der Waals surface area contributed by atoms with E-state index < -0.39 is 6.09 Å². The molecule has 2 aromatic heterocycles. The molecule has 2 aliphatic rings. The number of hydrogen-bond acceptors (Lipinski definition) is 8. The normalized spacial score (nSPS) is 17.6. The Bertz CT molecular complexity index is 1300. The molecule has 0 aliphatic carbocycles. The van der Waals surface area contributed by atoms with Crippen molar-refractivity contribution in [2.75, 3.05) is 18.0 Å². The van der Waals surface area contributed by atoms with Crippen molar-refractivity contribution >= 4 is 23.6 Å². The zero-order valence-electron chi connectivity index (χ0n) is 21.9. The lowest BCUT2D eigenvalue weighted by Gasteiger charge is -2.34. The number of nitrogens with zero attached hydrogens (tertiary/aromatic N) is 4. The van der Waals surface area contributed by atoms with Gasteiger partial charge in [0.25, 0.3) is 0 Å². The number of imide groups is 1. The van der Waals surface area contributed by atoms with E-state index in [0.717, 1.165) is 10.6 Å². The lowest BCUT2D eigenvalue weighted by molar-refractivity contribution is -0.132. The molecule has 39 heavy (non-hydrogen) atoms. The highest BCUT2D eigenvalue weighted by Crippen LogP contribution is 2.34. The summed E-state index contributed by atoms with van der Waals surface area (Å²) in [5.74, 6) is 1.49. The summed E-state index contributed by atoms with van der Waals surface area (Å²) in [4.78, 5) is 48.7. The third-order valence-corrected chi connectivity index (χ3v) is 6.62. The molecule has 0 N–H and O–H groups in total. The first-order chi connectivity index (χ1) is 18.8. The zero-order valence-corrected chi connectivity index (χ0v) is 21.9. The molecule has 1 aromatic carbocycles. The summed E-state index contributed by atoms with van der Waals surface area (Å²) in [5.41, 5.74) is 0.0149. The number of benzene rings is 1. The Morgan fingerprint density at radius 1 is 0.872 bits per heavy atom. The summed E-state index contributed by atoms with van der Waals surface area (Å²) in [6, 6.07) is 15.9. The largest absolute Gasteiger partial charge is 0.490 e. The number of hydrogen-bond donors (Lipinski definition) is 0. The van der Waals surface area contributed by atoms with E-state index in [1.165, 1.54) is 12.3 Å². The van der Waals surface area contributed by atoms with E-state index >= 15 is 0 Å². The van der Waals surface area contributed by atoms with Crippen molar-refractivity contribution < 1.29 is 28.6 Å². The molecule has 0 radical (unpaired) electrons. The topological polar surface area (TPSA) is 111 Å². The van der Waals surface area contributed by atoms with Crippen LogP contribution in [0.25, 0.3) is 0 Å². The first kappa shape index (κ1) is 26.1. The second-order valence-electron chi connectivity index (χ2n) is 10.4. The zero-order chi connectivity index (χ0) is 27.4. The molecule has 0 bridgehead atoms. The van der Waals surface area contributed by atoms with Gasteiger partial charge in [-0.05, 0) is 41.8 Å². The summed E-state index contributed by atoms with van der Waals surface area (Å²) in [6.45, 7) is 4.76. The molecule has 10 nitrogen and oxygen atoms in total. The third kappa shape index (κ3) is 6.51. The fraction of sp³-hybridized carbons (Fsp3) is 0.345. The van der Waals surface area contributed by atoms with Gasteiger partial charge in [0.05, 0.1) is 11.9 Å². The summed E-state index contributed by atoms with van der Waals surface area (Å²) in [7, 11) is 0. The number of amides is 3. The van der Waals surface area contributed by atoms with Crippen LogP contribution in [0.4, 0.5) is 10.5 Å². The molecule has 2 fully saturated rings. The van der Waals surface area contributed by atoms with Crippen LogP contribution >= 0.6 is 0 Å². The number of carbonyl (C=O) groups is 3. The van der Waals surface area contributed by atoms with E-state index in [1.807, 2.05) is 50.2 Å². The Hall–Kier alpha value is -4.47. The van der Waals surface area contributed by atoms with Crippen molar-refractivity contribution in [1.29, 1.82) is 0 Å². The van der Waals surface area contributed by atoms with Gasteiger partial charge in [-0.3, -0.25) is 9.59 Å². The number of anilines is 1.